The highest BCUT2D eigenvalue weighted by Crippen LogP contribution is 2.30. The maximum atomic E-state index is 4.70. The third-order valence-electron chi connectivity index (χ3n) is 5.04. The number of pyridine rings is 2. The van der Waals surface area contributed by atoms with Crippen molar-refractivity contribution < 1.29 is 0 Å². The van der Waals surface area contributed by atoms with E-state index in [1.807, 2.05) is 24.7 Å². The Hall–Kier alpha value is -2.69. The molecule has 3 aromatic heterocycles. The van der Waals surface area contributed by atoms with Crippen LogP contribution in [0.15, 0.2) is 49.1 Å². The van der Waals surface area contributed by atoms with E-state index in [1.165, 1.54) is 29.9 Å². The summed E-state index contributed by atoms with van der Waals surface area (Å²) in [5.74, 6) is 1.63. The number of rotatable bonds is 4. The third kappa shape index (κ3) is 3.62. The van der Waals surface area contributed by atoms with Crippen molar-refractivity contribution in [1.82, 2.24) is 19.5 Å². The molecule has 3 aromatic rings. The largest absolute Gasteiger partial charge is 0.371 e. The molecular formula is C21H25N5. The summed E-state index contributed by atoms with van der Waals surface area (Å²) in [6.07, 6.45) is 10.1. The lowest BCUT2D eigenvalue weighted by molar-refractivity contribution is 0.476. The first-order chi connectivity index (χ1) is 12.7. The summed E-state index contributed by atoms with van der Waals surface area (Å²) in [4.78, 5) is 15.9. The second-order valence-electron chi connectivity index (χ2n) is 7.17. The third-order valence-corrected chi connectivity index (χ3v) is 5.04. The number of anilines is 1. The van der Waals surface area contributed by atoms with Gasteiger partial charge in [0.15, 0.2) is 0 Å². The van der Waals surface area contributed by atoms with Crippen LogP contribution in [0.1, 0.15) is 41.5 Å². The minimum atomic E-state index is 0.448. The molecule has 1 atom stereocenters. The Balaban J connectivity index is 1.54. The number of piperidine rings is 1. The quantitative estimate of drug-likeness (QED) is 0.722. The SMILES string of the molecule is Cc1cc(N2CCC[C@@H](c3nccn3Cc3cccnc3)C2)cc(C)n1. The Kier molecular flexibility index (Phi) is 4.69. The minimum absolute atomic E-state index is 0.448. The Morgan fingerprint density at radius 2 is 2.00 bits per heavy atom. The molecule has 1 saturated heterocycles. The van der Waals surface area contributed by atoms with Gasteiger partial charge in [0.25, 0.3) is 0 Å². The molecule has 4 rings (SSSR count). The number of hydrogen-bond acceptors (Lipinski definition) is 4. The summed E-state index contributed by atoms with van der Waals surface area (Å²) in [6.45, 7) is 7.07. The summed E-state index contributed by atoms with van der Waals surface area (Å²) in [5.41, 5.74) is 4.66. The van der Waals surface area contributed by atoms with Crippen molar-refractivity contribution in [3.8, 4) is 0 Å². The topological polar surface area (TPSA) is 46.8 Å². The molecule has 0 saturated carbocycles. The summed E-state index contributed by atoms with van der Waals surface area (Å²) in [5, 5.41) is 0. The molecule has 26 heavy (non-hydrogen) atoms. The molecule has 0 amide bonds. The lowest BCUT2D eigenvalue weighted by Gasteiger charge is -2.34. The van der Waals surface area contributed by atoms with Crippen molar-refractivity contribution in [2.45, 2.75) is 39.2 Å². The molecule has 1 aliphatic heterocycles. The first-order valence-electron chi connectivity index (χ1n) is 9.29. The Morgan fingerprint density at radius 3 is 2.77 bits per heavy atom. The molecule has 0 radical (unpaired) electrons. The van der Waals surface area contributed by atoms with Gasteiger partial charge < -0.3 is 9.47 Å². The van der Waals surface area contributed by atoms with Gasteiger partial charge in [-0.15, -0.1) is 0 Å². The van der Waals surface area contributed by atoms with Gasteiger partial charge in [-0.05, 0) is 50.5 Å². The molecule has 0 bridgehead atoms. The van der Waals surface area contributed by atoms with Crippen LogP contribution in [0, 0.1) is 13.8 Å². The van der Waals surface area contributed by atoms with Gasteiger partial charge in [-0.3, -0.25) is 9.97 Å². The predicted octanol–water partition coefficient (Wildman–Crippen LogP) is 3.72. The van der Waals surface area contributed by atoms with E-state index < -0.39 is 0 Å². The van der Waals surface area contributed by atoms with Crippen molar-refractivity contribution in [3.63, 3.8) is 0 Å². The average molecular weight is 347 g/mol. The maximum Gasteiger partial charge on any atom is 0.113 e. The molecule has 5 nitrogen and oxygen atoms in total. The van der Waals surface area contributed by atoms with Crippen LogP contribution in [0.3, 0.4) is 0 Å². The molecule has 0 N–H and O–H groups in total. The summed E-state index contributed by atoms with van der Waals surface area (Å²) >= 11 is 0. The molecule has 5 heteroatoms. The van der Waals surface area contributed by atoms with Gasteiger partial charge in [-0.2, -0.15) is 0 Å². The normalized spacial score (nSPS) is 17.5. The van der Waals surface area contributed by atoms with Crippen LogP contribution in [-0.4, -0.2) is 32.6 Å². The average Bonchev–Trinajstić information content (AvgIpc) is 3.10. The summed E-state index contributed by atoms with van der Waals surface area (Å²) < 4.78 is 2.27. The van der Waals surface area contributed by atoms with Crippen LogP contribution in [0.25, 0.3) is 0 Å². The molecule has 4 heterocycles. The Bertz CT molecular complexity index is 851. The van der Waals surface area contributed by atoms with E-state index in [2.05, 4.69) is 57.7 Å². The zero-order valence-corrected chi connectivity index (χ0v) is 15.5. The predicted molar refractivity (Wildman–Crippen MR) is 103 cm³/mol. The zero-order valence-electron chi connectivity index (χ0n) is 15.5. The minimum Gasteiger partial charge on any atom is -0.371 e. The highest BCUT2D eigenvalue weighted by Gasteiger charge is 2.25. The molecule has 134 valence electrons. The lowest BCUT2D eigenvalue weighted by atomic mass is 9.96. The van der Waals surface area contributed by atoms with Crippen molar-refractivity contribution in [2.24, 2.45) is 0 Å². The van der Waals surface area contributed by atoms with Crippen molar-refractivity contribution >= 4 is 5.69 Å². The van der Waals surface area contributed by atoms with Gasteiger partial charge >= 0.3 is 0 Å². The second kappa shape index (κ2) is 7.28. The second-order valence-corrected chi connectivity index (χ2v) is 7.17. The van der Waals surface area contributed by atoms with Gasteiger partial charge in [-0.1, -0.05) is 6.07 Å². The van der Waals surface area contributed by atoms with Gasteiger partial charge in [0, 0.05) is 60.9 Å². The van der Waals surface area contributed by atoms with Crippen LogP contribution in [0.2, 0.25) is 0 Å². The Morgan fingerprint density at radius 1 is 1.15 bits per heavy atom. The van der Waals surface area contributed by atoms with Crippen LogP contribution in [0.5, 0.6) is 0 Å². The van der Waals surface area contributed by atoms with Crippen LogP contribution in [-0.2, 0) is 6.54 Å². The fourth-order valence-electron chi connectivity index (χ4n) is 3.92. The van der Waals surface area contributed by atoms with E-state index in [1.54, 1.807) is 0 Å². The number of nitrogens with zero attached hydrogens (tertiary/aromatic N) is 5. The fraction of sp³-hybridized carbons (Fsp3) is 0.381. The van der Waals surface area contributed by atoms with Crippen molar-refractivity contribution in [2.75, 3.05) is 18.0 Å². The van der Waals surface area contributed by atoms with E-state index in [0.717, 1.165) is 31.0 Å². The van der Waals surface area contributed by atoms with E-state index in [9.17, 15) is 0 Å². The van der Waals surface area contributed by atoms with E-state index >= 15 is 0 Å². The molecule has 0 aliphatic carbocycles. The molecule has 1 aliphatic rings. The van der Waals surface area contributed by atoms with Gasteiger partial charge in [0.05, 0.1) is 6.54 Å². The van der Waals surface area contributed by atoms with Gasteiger partial charge in [0.2, 0.25) is 0 Å². The standard InChI is InChI=1S/C21H25N5/c1-16-11-20(12-17(2)24-16)25-9-4-6-19(15-25)21-23-8-10-26(21)14-18-5-3-7-22-13-18/h3,5,7-8,10-13,19H,4,6,9,14-15H2,1-2H3/t19-/m1/s1. The van der Waals surface area contributed by atoms with E-state index in [4.69, 9.17) is 4.98 Å². The fourth-order valence-corrected chi connectivity index (χ4v) is 3.92. The lowest BCUT2D eigenvalue weighted by Crippen LogP contribution is -2.35. The van der Waals surface area contributed by atoms with E-state index in [-0.39, 0.29) is 0 Å². The first-order valence-corrected chi connectivity index (χ1v) is 9.29. The van der Waals surface area contributed by atoms with Crippen LogP contribution < -0.4 is 4.90 Å². The van der Waals surface area contributed by atoms with E-state index in [0.29, 0.717) is 5.92 Å². The smallest absolute Gasteiger partial charge is 0.113 e. The maximum absolute atomic E-state index is 4.70. The summed E-state index contributed by atoms with van der Waals surface area (Å²) in [7, 11) is 0. The Labute approximate surface area is 154 Å². The number of aryl methyl sites for hydroxylation is 2. The van der Waals surface area contributed by atoms with Gasteiger partial charge in [-0.25, -0.2) is 4.98 Å². The molecular weight excluding hydrogens is 322 g/mol. The monoisotopic (exact) mass is 347 g/mol. The first kappa shape index (κ1) is 16.8. The number of imidazole rings is 1. The molecule has 0 spiro atoms. The highest BCUT2D eigenvalue weighted by molar-refractivity contribution is 5.49. The highest BCUT2D eigenvalue weighted by atomic mass is 15.2. The van der Waals surface area contributed by atoms with Crippen molar-refractivity contribution in [1.29, 1.82) is 0 Å². The van der Waals surface area contributed by atoms with Crippen LogP contribution in [0.4, 0.5) is 5.69 Å². The van der Waals surface area contributed by atoms with Crippen molar-refractivity contribution in [3.05, 3.63) is 71.8 Å². The molecule has 0 unspecified atom stereocenters. The van der Waals surface area contributed by atoms with Crippen LogP contribution >= 0.6 is 0 Å². The zero-order chi connectivity index (χ0) is 17.9. The van der Waals surface area contributed by atoms with Gasteiger partial charge in [0.1, 0.15) is 5.82 Å². The summed E-state index contributed by atoms with van der Waals surface area (Å²) in [6, 6.07) is 8.49. The molecule has 0 aromatic carbocycles. The number of aromatic nitrogens is 4. The number of hydrogen-bond donors (Lipinski definition) is 0. The molecule has 1 fully saturated rings.